The number of amides is 1. The summed E-state index contributed by atoms with van der Waals surface area (Å²) in [6.07, 6.45) is -3.66. The summed E-state index contributed by atoms with van der Waals surface area (Å²) in [5.41, 5.74) is -0.874. The van der Waals surface area contributed by atoms with Gasteiger partial charge >= 0.3 is 6.18 Å². The second-order valence-electron chi connectivity index (χ2n) is 5.33. The highest BCUT2D eigenvalue weighted by atomic mass is 79.9. The Morgan fingerprint density at radius 3 is 2.43 bits per heavy atom. The van der Waals surface area contributed by atoms with Crippen LogP contribution in [-0.4, -0.2) is 18.0 Å². The van der Waals surface area contributed by atoms with E-state index in [2.05, 4.69) is 26.6 Å². The van der Waals surface area contributed by atoms with Crippen LogP contribution in [0.15, 0.2) is 22.7 Å². The van der Waals surface area contributed by atoms with Crippen molar-refractivity contribution in [2.75, 3.05) is 11.9 Å². The fourth-order valence-electron chi connectivity index (χ4n) is 1.52. The van der Waals surface area contributed by atoms with E-state index in [1.807, 2.05) is 20.8 Å². The summed E-state index contributed by atoms with van der Waals surface area (Å²) in [5.74, 6) is -0.272. The maximum atomic E-state index is 12.6. The smallest absolute Gasteiger partial charge is 0.375 e. The molecule has 0 bridgehead atoms. The lowest BCUT2D eigenvalue weighted by molar-refractivity contribution is -0.137. The zero-order valence-electron chi connectivity index (χ0n) is 12.1. The van der Waals surface area contributed by atoms with E-state index in [1.54, 1.807) is 0 Å². The number of hydrogen-bond donors (Lipinski definition) is 2. The van der Waals surface area contributed by atoms with Gasteiger partial charge in [-0.05, 0) is 54.4 Å². The van der Waals surface area contributed by atoms with Crippen molar-refractivity contribution in [1.82, 2.24) is 5.32 Å². The molecule has 0 spiro atoms. The summed E-state index contributed by atoms with van der Waals surface area (Å²) in [6, 6.07) is 3.26. The second-order valence-corrected chi connectivity index (χ2v) is 6.19. The lowest BCUT2D eigenvalue weighted by atomic mass is 10.0. The van der Waals surface area contributed by atoms with E-state index in [0.29, 0.717) is 4.47 Å². The van der Waals surface area contributed by atoms with Gasteiger partial charge in [0.1, 0.15) is 0 Å². The molecule has 3 nitrogen and oxygen atoms in total. The Bertz CT molecular complexity index is 515. The molecule has 0 aliphatic rings. The van der Waals surface area contributed by atoms with Gasteiger partial charge in [0.25, 0.3) is 0 Å². The minimum atomic E-state index is -4.41. The maximum absolute atomic E-state index is 12.6. The minimum absolute atomic E-state index is 0.0939. The third-order valence-electron chi connectivity index (χ3n) is 3.09. The Morgan fingerprint density at radius 1 is 1.29 bits per heavy atom. The number of halogens is 4. The first-order chi connectivity index (χ1) is 9.55. The van der Waals surface area contributed by atoms with Gasteiger partial charge in [0, 0.05) is 15.7 Å². The summed E-state index contributed by atoms with van der Waals surface area (Å²) in [4.78, 5) is 11.8. The lowest BCUT2D eigenvalue weighted by Crippen LogP contribution is -2.45. The summed E-state index contributed by atoms with van der Waals surface area (Å²) >= 11 is 3.16. The first kappa shape index (κ1) is 17.8. The first-order valence-electron chi connectivity index (χ1n) is 6.47. The molecule has 0 saturated carbocycles. The molecule has 0 fully saturated rings. The van der Waals surface area contributed by atoms with Crippen molar-refractivity contribution in [3.8, 4) is 0 Å². The molecule has 0 atom stereocenters. The van der Waals surface area contributed by atoms with Crippen molar-refractivity contribution < 1.29 is 18.0 Å². The van der Waals surface area contributed by atoms with Gasteiger partial charge in [-0.15, -0.1) is 0 Å². The minimum Gasteiger partial charge on any atom is -0.375 e. The fourth-order valence-corrected chi connectivity index (χ4v) is 1.91. The highest BCUT2D eigenvalue weighted by Gasteiger charge is 2.31. The third kappa shape index (κ3) is 5.57. The quantitative estimate of drug-likeness (QED) is 0.820. The lowest BCUT2D eigenvalue weighted by Gasteiger charge is -2.24. The van der Waals surface area contributed by atoms with Crippen LogP contribution in [0, 0.1) is 0 Å². The number of rotatable bonds is 5. The van der Waals surface area contributed by atoms with Crippen LogP contribution in [0.4, 0.5) is 18.9 Å². The molecule has 0 aliphatic heterocycles. The van der Waals surface area contributed by atoms with Gasteiger partial charge in [0.15, 0.2) is 0 Å². The molecule has 1 rings (SSSR count). The Kier molecular flexibility index (Phi) is 5.67. The molecule has 0 saturated heterocycles. The van der Waals surface area contributed by atoms with Gasteiger partial charge in [-0.3, -0.25) is 4.79 Å². The number of nitrogens with one attached hydrogen (secondary N) is 2. The second kappa shape index (κ2) is 6.68. The number of carbonyl (C=O) groups excluding carboxylic acids is 1. The number of carbonyl (C=O) groups is 1. The normalized spacial score (nSPS) is 12.1. The highest BCUT2D eigenvalue weighted by molar-refractivity contribution is 9.10. The van der Waals surface area contributed by atoms with Gasteiger partial charge in [-0.25, -0.2) is 0 Å². The number of anilines is 1. The SMILES string of the molecule is CCC(C)(C)NC(=O)CNc1cc(C(F)(F)F)ccc1Br. The van der Waals surface area contributed by atoms with Gasteiger partial charge in [0.2, 0.25) is 5.91 Å². The number of alkyl halides is 3. The molecule has 1 aromatic rings. The standard InChI is InChI=1S/C14H18BrF3N2O/c1-4-13(2,3)20-12(21)8-19-11-7-9(14(16,17)18)5-6-10(11)15/h5-7,19H,4,8H2,1-3H3,(H,20,21). The van der Waals surface area contributed by atoms with Crippen LogP contribution in [-0.2, 0) is 11.0 Å². The van der Waals surface area contributed by atoms with Crippen molar-refractivity contribution in [3.05, 3.63) is 28.2 Å². The van der Waals surface area contributed by atoms with E-state index in [4.69, 9.17) is 0 Å². The fraction of sp³-hybridized carbons (Fsp3) is 0.500. The molecular formula is C14H18BrF3N2O. The molecule has 2 N–H and O–H groups in total. The summed E-state index contributed by atoms with van der Waals surface area (Å²) < 4.78 is 38.4. The van der Waals surface area contributed by atoms with Crippen molar-refractivity contribution in [1.29, 1.82) is 0 Å². The Morgan fingerprint density at radius 2 is 1.90 bits per heavy atom. The van der Waals surface area contributed by atoms with Crippen LogP contribution in [0.25, 0.3) is 0 Å². The molecular weight excluding hydrogens is 349 g/mol. The molecule has 21 heavy (non-hydrogen) atoms. The molecule has 0 aromatic heterocycles. The molecule has 7 heteroatoms. The molecule has 0 radical (unpaired) electrons. The van der Waals surface area contributed by atoms with Gasteiger partial charge < -0.3 is 10.6 Å². The Balaban J connectivity index is 2.73. The summed E-state index contributed by atoms with van der Waals surface area (Å²) in [6.45, 7) is 5.61. The predicted molar refractivity (Wildman–Crippen MR) is 80.1 cm³/mol. The van der Waals surface area contributed by atoms with Crippen molar-refractivity contribution in [2.24, 2.45) is 0 Å². The van der Waals surface area contributed by atoms with Crippen molar-refractivity contribution in [3.63, 3.8) is 0 Å². The van der Waals surface area contributed by atoms with E-state index in [-0.39, 0.29) is 23.7 Å². The summed E-state index contributed by atoms with van der Waals surface area (Å²) in [5, 5.41) is 5.51. The summed E-state index contributed by atoms with van der Waals surface area (Å²) in [7, 11) is 0. The van der Waals surface area contributed by atoms with Crippen LogP contribution in [0.3, 0.4) is 0 Å². The van der Waals surface area contributed by atoms with Crippen molar-refractivity contribution >= 4 is 27.5 Å². The largest absolute Gasteiger partial charge is 0.416 e. The first-order valence-corrected chi connectivity index (χ1v) is 7.26. The van der Waals surface area contributed by atoms with Crippen LogP contribution in [0.1, 0.15) is 32.8 Å². The molecule has 0 heterocycles. The zero-order chi connectivity index (χ0) is 16.3. The maximum Gasteiger partial charge on any atom is 0.416 e. The Labute approximate surface area is 130 Å². The average Bonchev–Trinajstić information content (AvgIpc) is 2.36. The van der Waals surface area contributed by atoms with Crippen molar-refractivity contribution in [2.45, 2.75) is 38.9 Å². The molecule has 0 unspecified atom stereocenters. The molecule has 0 aliphatic carbocycles. The van der Waals surface area contributed by atoms with E-state index in [0.717, 1.165) is 18.6 Å². The van der Waals surface area contributed by atoms with Gasteiger partial charge in [-0.1, -0.05) is 6.92 Å². The van der Waals surface area contributed by atoms with Gasteiger partial charge in [-0.2, -0.15) is 13.2 Å². The van der Waals surface area contributed by atoms with E-state index in [1.165, 1.54) is 6.07 Å². The number of benzene rings is 1. The van der Waals surface area contributed by atoms with Crippen LogP contribution in [0.2, 0.25) is 0 Å². The zero-order valence-corrected chi connectivity index (χ0v) is 13.7. The van der Waals surface area contributed by atoms with Crippen LogP contribution >= 0.6 is 15.9 Å². The number of hydrogen-bond acceptors (Lipinski definition) is 2. The topological polar surface area (TPSA) is 41.1 Å². The van der Waals surface area contributed by atoms with E-state index >= 15 is 0 Å². The monoisotopic (exact) mass is 366 g/mol. The highest BCUT2D eigenvalue weighted by Crippen LogP contribution is 2.33. The van der Waals surface area contributed by atoms with Gasteiger partial charge in [0.05, 0.1) is 12.1 Å². The third-order valence-corrected chi connectivity index (χ3v) is 3.79. The average molecular weight is 367 g/mol. The Hall–Kier alpha value is -1.24. The van der Waals surface area contributed by atoms with Crippen LogP contribution < -0.4 is 10.6 Å². The molecule has 1 aromatic carbocycles. The van der Waals surface area contributed by atoms with E-state index < -0.39 is 11.7 Å². The molecule has 1 amide bonds. The van der Waals surface area contributed by atoms with Crippen LogP contribution in [0.5, 0.6) is 0 Å². The predicted octanol–water partition coefficient (Wildman–Crippen LogP) is 4.18. The van der Waals surface area contributed by atoms with E-state index in [9.17, 15) is 18.0 Å². The molecule has 118 valence electrons.